The van der Waals surface area contributed by atoms with E-state index >= 15 is 0 Å². The molecule has 5 aromatic rings. The third kappa shape index (κ3) is 3.80. The van der Waals surface area contributed by atoms with Crippen molar-refractivity contribution in [2.24, 2.45) is 0 Å². The highest BCUT2D eigenvalue weighted by Crippen LogP contribution is 2.31. The molecule has 0 aromatic heterocycles. The van der Waals surface area contributed by atoms with Crippen molar-refractivity contribution in [2.45, 2.75) is 0 Å². The topological polar surface area (TPSA) is 12.0 Å². The van der Waals surface area contributed by atoms with Gasteiger partial charge < -0.3 is 5.32 Å². The van der Waals surface area contributed by atoms with Gasteiger partial charge in [0.15, 0.2) is 0 Å². The maximum atomic E-state index is 5.95. The van der Waals surface area contributed by atoms with Crippen molar-refractivity contribution < 1.29 is 0 Å². The average Bonchev–Trinajstić information content (AvgIpc) is 2.81. The molecule has 2 heteroatoms. The van der Waals surface area contributed by atoms with Crippen LogP contribution in [0.1, 0.15) is 0 Å². The SMILES string of the molecule is Clc1ccc(Nc2ccc(-c3ccc(-c4cccc5ccccc45)cc3)cc2)cc1. The number of rotatable bonds is 4. The van der Waals surface area contributed by atoms with Gasteiger partial charge in [0.2, 0.25) is 0 Å². The van der Waals surface area contributed by atoms with Gasteiger partial charge in [0.05, 0.1) is 0 Å². The highest BCUT2D eigenvalue weighted by atomic mass is 35.5. The van der Waals surface area contributed by atoms with Crippen molar-refractivity contribution in [3.05, 3.63) is 120 Å². The maximum Gasteiger partial charge on any atom is 0.0407 e. The molecule has 0 bridgehead atoms. The smallest absolute Gasteiger partial charge is 0.0407 e. The number of benzene rings is 5. The van der Waals surface area contributed by atoms with Crippen molar-refractivity contribution in [1.82, 2.24) is 0 Å². The first-order chi connectivity index (χ1) is 14.8. The van der Waals surface area contributed by atoms with Crippen LogP contribution in [0, 0.1) is 0 Å². The van der Waals surface area contributed by atoms with E-state index in [4.69, 9.17) is 11.6 Å². The summed E-state index contributed by atoms with van der Waals surface area (Å²) in [4.78, 5) is 0. The molecular weight excluding hydrogens is 386 g/mol. The second-order valence-electron chi connectivity index (χ2n) is 7.31. The zero-order valence-corrected chi connectivity index (χ0v) is 17.1. The minimum Gasteiger partial charge on any atom is -0.356 e. The Morgan fingerprint density at radius 3 is 1.70 bits per heavy atom. The molecule has 0 fully saturated rings. The summed E-state index contributed by atoms with van der Waals surface area (Å²) in [6.45, 7) is 0. The van der Waals surface area contributed by atoms with Crippen molar-refractivity contribution in [3.63, 3.8) is 0 Å². The molecule has 0 aliphatic carbocycles. The van der Waals surface area contributed by atoms with E-state index in [2.05, 4.69) is 96.3 Å². The lowest BCUT2D eigenvalue weighted by atomic mass is 9.96. The van der Waals surface area contributed by atoms with E-state index in [0.717, 1.165) is 16.4 Å². The predicted molar refractivity (Wildman–Crippen MR) is 130 cm³/mol. The van der Waals surface area contributed by atoms with Gasteiger partial charge in [0, 0.05) is 16.4 Å². The number of nitrogens with one attached hydrogen (secondary N) is 1. The van der Waals surface area contributed by atoms with Crippen LogP contribution in [0.3, 0.4) is 0 Å². The summed E-state index contributed by atoms with van der Waals surface area (Å²) in [6.07, 6.45) is 0. The first kappa shape index (κ1) is 18.5. The molecule has 1 N–H and O–H groups in total. The van der Waals surface area contributed by atoms with Crippen molar-refractivity contribution in [2.75, 3.05) is 5.32 Å². The largest absolute Gasteiger partial charge is 0.356 e. The summed E-state index contributed by atoms with van der Waals surface area (Å²) in [5.74, 6) is 0. The van der Waals surface area contributed by atoms with Gasteiger partial charge in [-0.15, -0.1) is 0 Å². The molecule has 0 saturated carbocycles. The Balaban J connectivity index is 1.38. The third-order valence-electron chi connectivity index (χ3n) is 5.34. The predicted octanol–water partition coefficient (Wildman–Crippen LogP) is 8.57. The fourth-order valence-electron chi connectivity index (χ4n) is 3.77. The third-order valence-corrected chi connectivity index (χ3v) is 5.59. The van der Waals surface area contributed by atoms with Gasteiger partial charge in [-0.25, -0.2) is 0 Å². The molecule has 0 aliphatic rings. The fourth-order valence-corrected chi connectivity index (χ4v) is 3.89. The van der Waals surface area contributed by atoms with Crippen LogP contribution < -0.4 is 5.32 Å². The van der Waals surface area contributed by atoms with E-state index < -0.39 is 0 Å². The van der Waals surface area contributed by atoms with Crippen LogP contribution in [0.15, 0.2) is 115 Å². The van der Waals surface area contributed by atoms with E-state index in [-0.39, 0.29) is 0 Å². The van der Waals surface area contributed by atoms with Gasteiger partial charge >= 0.3 is 0 Å². The van der Waals surface area contributed by atoms with Crippen LogP contribution in [-0.2, 0) is 0 Å². The summed E-state index contributed by atoms with van der Waals surface area (Å²) in [5.41, 5.74) is 6.97. The van der Waals surface area contributed by atoms with E-state index in [9.17, 15) is 0 Å². The molecule has 5 aromatic carbocycles. The molecule has 0 saturated heterocycles. The van der Waals surface area contributed by atoms with Gasteiger partial charge in [0.25, 0.3) is 0 Å². The number of halogens is 1. The molecule has 0 spiro atoms. The summed E-state index contributed by atoms with van der Waals surface area (Å²) in [7, 11) is 0. The van der Waals surface area contributed by atoms with Crippen LogP contribution in [0.4, 0.5) is 11.4 Å². The van der Waals surface area contributed by atoms with Crippen LogP contribution in [-0.4, -0.2) is 0 Å². The van der Waals surface area contributed by atoms with Crippen molar-refractivity contribution >= 4 is 33.7 Å². The highest BCUT2D eigenvalue weighted by molar-refractivity contribution is 6.30. The molecular formula is C28H20ClN. The number of hydrogen-bond acceptors (Lipinski definition) is 1. The van der Waals surface area contributed by atoms with Gasteiger partial charge in [-0.3, -0.25) is 0 Å². The molecule has 0 radical (unpaired) electrons. The van der Waals surface area contributed by atoms with Gasteiger partial charge in [0.1, 0.15) is 0 Å². The highest BCUT2D eigenvalue weighted by Gasteiger charge is 2.05. The molecule has 0 aliphatic heterocycles. The minimum atomic E-state index is 0.739. The quantitative estimate of drug-likeness (QED) is 0.315. The van der Waals surface area contributed by atoms with Crippen LogP contribution in [0.25, 0.3) is 33.0 Å². The molecule has 1 nitrogen and oxygen atoms in total. The monoisotopic (exact) mass is 405 g/mol. The summed E-state index contributed by atoms with van der Waals surface area (Å²) < 4.78 is 0. The first-order valence-corrected chi connectivity index (χ1v) is 10.4. The number of anilines is 2. The van der Waals surface area contributed by atoms with E-state index in [1.165, 1.54) is 33.0 Å². The van der Waals surface area contributed by atoms with E-state index in [0.29, 0.717) is 0 Å². The van der Waals surface area contributed by atoms with Crippen molar-refractivity contribution in [1.29, 1.82) is 0 Å². The Labute approximate surface area is 181 Å². The zero-order valence-electron chi connectivity index (χ0n) is 16.3. The standard InChI is InChI=1S/C28H20ClN/c29-24-14-18-26(19-15-24)30-25-16-12-21(13-17-25)20-8-10-23(11-9-20)28-7-3-5-22-4-1-2-6-27(22)28/h1-19,30H. The Hall–Kier alpha value is -3.55. The second kappa shape index (κ2) is 8.06. The summed E-state index contributed by atoms with van der Waals surface area (Å²) in [5, 5.41) is 6.69. The van der Waals surface area contributed by atoms with Crippen molar-refractivity contribution in [3.8, 4) is 22.3 Å². The molecule has 144 valence electrons. The Bertz CT molecular complexity index is 1280. The molecule has 0 atom stereocenters. The lowest BCUT2D eigenvalue weighted by molar-refractivity contribution is 1.54. The normalized spacial score (nSPS) is 10.8. The average molecular weight is 406 g/mol. The van der Waals surface area contributed by atoms with E-state index in [1.54, 1.807) is 0 Å². The summed E-state index contributed by atoms with van der Waals surface area (Å²) in [6, 6.07) is 40.0. The summed E-state index contributed by atoms with van der Waals surface area (Å²) >= 11 is 5.95. The van der Waals surface area contributed by atoms with Gasteiger partial charge in [-0.2, -0.15) is 0 Å². The molecule has 0 unspecified atom stereocenters. The van der Waals surface area contributed by atoms with Crippen LogP contribution in [0.5, 0.6) is 0 Å². The number of hydrogen-bond donors (Lipinski definition) is 1. The molecule has 0 amide bonds. The molecule has 5 rings (SSSR count). The lowest BCUT2D eigenvalue weighted by Crippen LogP contribution is -1.89. The van der Waals surface area contributed by atoms with E-state index in [1.807, 2.05) is 24.3 Å². The fraction of sp³-hybridized carbons (Fsp3) is 0. The van der Waals surface area contributed by atoms with Crippen LogP contribution >= 0.6 is 11.6 Å². The molecule has 30 heavy (non-hydrogen) atoms. The second-order valence-corrected chi connectivity index (χ2v) is 7.75. The maximum absolute atomic E-state index is 5.95. The van der Waals surface area contributed by atoms with Gasteiger partial charge in [-0.05, 0) is 69.4 Å². The Morgan fingerprint density at radius 1 is 0.467 bits per heavy atom. The molecule has 0 heterocycles. The first-order valence-electron chi connectivity index (χ1n) is 9.97. The number of fused-ring (bicyclic) bond motifs is 1. The zero-order chi connectivity index (χ0) is 20.3. The minimum absolute atomic E-state index is 0.739. The van der Waals surface area contributed by atoms with Gasteiger partial charge in [-0.1, -0.05) is 90.5 Å². The van der Waals surface area contributed by atoms with Crippen LogP contribution in [0.2, 0.25) is 5.02 Å². The Morgan fingerprint density at radius 2 is 1.00 bits per heavy atom. The Kier molecular flexibility index (Phi) is 4.96. The lowest BCUT2D eigenvalue weighted by Gasteiger charge is -2.10.